The molecule has 0 spiro atoms. The highest BCUT2D eigenvalue weighted by Gasteiger charge is 2.29. The molecule has 23 heavy (non-hydrogen) atoms. The van der Waals surface area contributed by atoms with Crippen LogP contribution in [-0.2, 0) is 4.79 Å². The van der Waals surface area contributed by atoms with Crippen LogP contribution in [-0.4, -0.2) is 5.12 Å². The van der Waals surface area contributed by atoms with Crippen LogP contribution in [0.2, 0.25) is 0 Å². The topological polar surface area (TPSA) is 17.1 Å². The number of fused-ring (bicyclic) bond motifs is 1. The summed E-state index contributed by atoms with van der Waals surface area (Å²) in [6, 6.07) is 28.3. The largest absolute Gasteiger partial charge is 0.281 e. The molecular formula is C21H14OS. The molecule has 4 rings (SSSR count). The molecule has 1 aliphatic rings. The van der Waals surface area contributed by atoms with Crippen LogP contribution < -0.4 is 0 Å². The van der Waals surface area contributed by atoms with Gasteiger partial charge < -0.3 is 0 Å². The van der Waals surface area contributed by atoms with E-state index in [-0.39, 0.29) is 5.12 Å². The van der Waals surface area contributed by atoms with Crippen molar-refractivity contribution in [2.45, 2.75) is 4.90 Å². The van der Waals surface area contributed by atoms with E-state index < -0.39 is 0 Å². The van der Waals surface area contributed by atoms with Crippen LogP contribution in [0.5, 0.6) is 0 Å². The van der Waals surface area contributed by atoms with E-state index in [1.165, 1.54) is 11.8 Å². The van der Waals surface area contributed by atoms with E-state index in [1.807, 2.05) is 60.7 Å². The summed E-state index contributed by atoms with van der Waals surface area (Å²) in [5.41, 5.74) is 4.99. The van der Waals surface area contributed by atoms with E-state index in [9.17, 15) is 4.79 Å². The number of carbonyl (C=O) groups excluding carboxylic acids is 1. The Balaban J connectivity index is 2.05. The maximum atomic E-state index is 12.7. The maximum Gasteiger partial charge on any atom is 0.225 e. The standard InChI is InChI=1S/C21H14OS/c22-21-20(17-13-7-8-14-18(17)23-21)19(15-9-3-1-4-10-15)16-11-5-2-6-12-16/h1-14H. The Labute approximate surface area is 139 Å². The Morgan fingerprint density at radius 3 is 1.78 bits per heavy atom. The average molecular weight is 314 g/mol. The zero-order chi connectivity index (χ0) is 15.6. The Bertz CT molecular complexity index is 854. The monoisotopic (exact) mass is 314 g/mol. The number of hydrogen-bond donors (Lipinski definition) is 0. The first-order valence-electron chi connectivity index (χ1n) is 7.51. The Morgan fingerprint density at radius 1 is 0.652 bits per heavy atom. The lowest BCUT2D eigenvalue weighted by atomic mass is 9.90. The summed E-state index contributed by atoms with van der Waals surface area (Å²) in [5, 5.41) is 0.119. The average Bonchev–Trinajstić information content (AvgIpc) is 2.94. The van der Waals surface area contributed by atoms with Gasteiger partial charge in [-0.05, 0) is 29.0 Å². The highest BCUT2D eigenvalue weighted by atomic mass is 32.2. The summed E-state index contributed by atoms with van der Waals surface area (Å²) < 4.78 is 0. The highest BCUT2D eigenvalue weighted by Crippen LogP contribution is 2.45. The number of carbonyl (C=O) groups is 1. The summed E-state index contributed by atoms with van der Waals surface area (Å²) >= 11 is 1.32. The molecule has 3 aromatic rings. The van der Waals surface area contributed by atoms with Gasteiger partial charge in [0, 0.05) is 21.6 Å². The second kappa shape index (κ2) is 5.90. The van der Waals surface area contributed by atoms with Gasteiger partial charge in [0.1, 0.15) is 0 Å². The molecular weight excluding hydrogens is 300 g/mol. The molecule has 0 aliphatic carbocycles. The third-order valence-electron chi connectivity index (χ3n) is 3.94. The minimum Gasteiger partial charge on any atom is -0.281 e. The quantitative estimate of drug-likeness (QED) is 0.599. The van der Waals surface area contributed by atoms with Gasteiger partial charge in [-0.15, -0.1) is 0 Å². The first-order valence-corrected chi connectivity index (χ1v) is 8.33. The van der Waals surface area contributed by atoms with Gasteiger partial charge in [0.05, 0.1) is 0 Å². The van der Waals surface area contributed by atoms with Crippen molar-refractivity contribution in [3.05, 3.63) is 102 Å². The molecule has 0 fully saturated rings. The second-order valence-corrected chi connectivity index (χ2v) is 6.38. The highest BCUT2D eigenvalue weighted by molar-refractivity contribution is 8.15. The van der Waals surface area contributed by atoms with E-state index in [0.717, 1.165) is 32.7 Å². The van der Waals surface area contributed by atoms with Crippen LogP contribution in [0.15, 0.2) is 89.8 Å². The smallest absolute Gasteiger partial charge is 0.225 e. The molecule has 2 heteroatoms. The molecule has 3 aromatic carbocycles. The molecule has 0 unspecified atom stereocenters. The van der Waals surface area contributed by atoms with Crippen LogP contribution in [0.3, 0.4) is 0 Å². The van der Waals surface area contributed by atoms with Crippen molar-refractivity contribution in [1.29, 1.82) is 0 Å². The lowest BCUT2D eigenvalue weighted by molar-refractivity contribution is -0.106. The van der Waals surface area contributed by atoms with Crippen molar-refractivity contribution in [3.8, 4) is 0 Å². The third kappa shape index (κ3) is 2.51. The molecule has 1 heterocycles. The summed E-state index contributed by atoms with van der Waals surface area (Å²) in [6.45, 7) is 0. The minimum atomic E-state index is 0.119. The Kier molecular flexibility index (Phi) is 3.60. The van der Waals surface area contributed by atoms with E-state index in [4.69, 9.17) is 0 Å². The summed E-state index contributed by atoms with van der Waals surface area (Å²) in [4.78, 5) is 13.8. The molecule has 0 saturated carbocycles. The first-order chi connectivity index (χ1) is 11.3. The molecule has 0 aromatic heterocycles. The molecule has 0 radical (unpaired) electrons. The molecule has 1 nitrogen and oxygen atoms in total. The van der Waals surface area contributed by atoms with Gasteiger partial charge >= 0.3 is 0 Å². The summed E-state index contributed by atoms with van der Waals surface area (Å²) in [7, 11) is 0. The van der Waals surface area contributed by atoms with Gasteiger partial charge in [0.2, 0.25) is 5.12 Å². The van der Waals surface area contributed by atoms with Gasteiger partial charge in [0.15, 0.2) is 0 Å². The molecule has 0 atom stereocenters. The van der Waals surface area contributed by atoms with E-state index >= 15 is 0 Å². The lowest BCUT2D eigenvalue weighted by Crippen LogP contribution is -1.97. The molecule has 0 saturated heterocycles. The van der Waals surface area contributed by atoms with E-state index in [2.05, 4.69) is 24.3 Å². The van der Waals surface area contributed by atoms with Crippen LogP contribution >= 0.6 is 11.8 Å². The minimum absolute atomic E-state index is 0.119. The maximum absolute atomic E-state index is 12.7. The second-order valence-electron chi connectivity index (χ2n) is 5.37. The zero-order valence-electron chi connectivity index (χ0n) is 12.4. The molecule has 0 amide bonds. The predicted molar refractivity (Wildman–Crippen MR) is 96.1 cm³/mol. The van der Waals surface area contributed by atoms with Crippen molar-refractivity contribution >= 4 is 28.0 Å². The fraction of sp³-hybridized carbons (Fsp3) is 0. The van der Waals surface area contributed by atoms with Gasteiger partial charge in [-0.3, -0.25) is 4.79 Å². The lowest BCUT2D eigenvalue weighted by Gasteiger charge is -2.12. The molecule has 110 valence electrons. The van der Waals surface area contributed by atoms with Gasteiger partial charge in [-0.1, -0.05) is 78.9 Å². The molecule has 1 aliphatic heterocycles. The first kappa shape index (κ1) is 14.0. The fourth-order valence-electron chi connectivity index (χ4n) is 2.92. The molecule has 0 N–H and O–H groups in total. The molecule has 0 bridgehead atoms. The fourth-order valence-corrected chi connectivity index (χ4v) is 3.87. The van der Waals surface area contributed by atoms with Crippen molar-refractivity contribution < 1.29 is 4.79 Å². The SMILES string of the molecule is O=C1Sc2ccccc2C1=C(c1ccccc1)c1ccccc1. The van der Waals surface area contributed by atoms with Gasteiger partial charge in [-0.25, -0.2) is 0 Å². The Morgan fingerprint density at radius 2 is 1.17 bits per heavy atom. The van der Waals surface area contributed by atoms with E-state index in [1.54, 1.807) is 0 Å². The van der Waals surface area contributed by atoms with Crippen molar-refractivity contribution in [2.24, 2.45) is 0 Å². The van der Waals surface area contributed by atoms with Crippen LogP contribution in [0.4, 0.5) is 0 Å². The predicted octanol–water partition coefficient (Wildman–Crippen LogP) is 5.28. The zero-order valence-corrected chi connectivity index (χ0v) is 13.2. The van der Waals surface area contributed by atoms with Gasteiger partial charge in [-0.2, -0.15) is 0 Å². The van der Waals surface area contributed by atoms with Gasteiger partial charge in [0.25, 0.3) is 0 Å². The third-order valence-corrected chi connectivity index (χ3v) is 4.90. The normalized spacial score (nSPS) is 13.0. The van der Waals surface area contributed by atoms with Crippen LogP contribution in [0.25, 0.3) is 11.1 Å². The number of thioether (sulfide) groups is 1. The Hall–Kier alpha value is -2.58. The number of rotatable bonds is 2. The van der Waals surface area contributed by atoms with Crippen molar-refractivity contribution in [2.75, 3.05) is 0 Å². The summed E-state index contributed by atoms with van der Waals surface area (Å²) in [6.07, 6.45) is 0. The number of benzene rings is 3. The van der Waals surface area contributed by atoms with E-state index in [0.29, 0.717) is 0 Å². The van der Waals surface area contributed by atoms with Crippen LogP contribution in [0, 0.1) is 0 Å². The summed E-state index contributed by atoms with van der Waals surface area (Å²) in [5.74, 6) is 0. The van der Waals surface area contributed by atoms with Crippen molar-refractivity contribution in [3.63, 3.8) is 0 Å². The van der Waals surface area contributed by atoms with Crippen LogP contribution in [0.1, 0.15) is 16.7 Å². The van der Waals surface area contributed by atoms with Crippen molar-refractivity contribution in [1.82, 2.24) is 0 Å². The number of hydrogen-bond acceptors (Lipinski definition) is 2.